The van der Waals surface area contributed by atoms with Crippen LogP contribution in [-0.2, 0) is 4.74 Å². The molecule has 1 aromatic carbocycles. The maximum absolute atomic E-state index is 12.0. The summed E-state index contributed by atoms with van der Waals surface area (Å²) in [5.74, 6) is 1.13. The van der Waals surface area contributed by atoms with E-state index in [1.165, 1.54) is 0 Å². The van der Waals surface area contributed by atoms with E-state index in [9.17, 15) is 4.79 Å². The highest BCUT2D eigenvalue weighted by molar-refractivity contribution is 5.94. The van der Waals surface area contributed by atoms with E-state index in [0.29, 0.717) is 37.8 Å². The number of nitrogens with one attached hydrogen (secondary N) is 1. The summed E-state index contributed by atoms with van der Waals surface area (Å²) < 4.78 is 10.8. The molecule has 4 heteroatoms. The van der Waals surface area contributed by atoms with Gasteiger partial charge in [-0.2, -0.15) is 0 Å². The zero-order valence-corrected chi connectivity index (χ0v) is 12.6. The van der Waals surface area contributed by atoms with Gasteiger partial charge >= 0.3 is 0 Å². The van der Waals surface area contributed by atoms with E-state index in [0.717, 1.165) is 12.2 Å². The molecule has 0 bridgehead atoms. The van der Waals surface area contributed by atoms with Gasteiger partial charge < -0.3 is 14.8 Å². The fourth-order valence-corrected chi connectivity index (χ4v) is 1.61. The van der Waals surface area contributed by atoms with Crippen LogP contribution in [0.15, 0.2) is 24.3 Å². The Labute approximate surface area is 121 Å². The number of benzene rings is 1. The van der Waals surface area contributed by atoms with Crippen molar-refractivity contribution < 1.29 is 14.3 Å². The molecule has 0 aliphatic carbocycles. The Balaban J connectivity index is 2.41. The molecule has 112 valence electrons. The minimum atomic E-state index is -0.0727. The number of hydrogen-bond donors (Lipinski definition) is 1. The van der Waals surface area contributed by atoms with E-state index in [4.69, 9.17) is 9.47 Å². The van der Waals surface area contributed by atoms with Gasteiger partial charge in [0.05, 0.1) is 6.61 Å². The summed E-state index contributed by atoms with van der Waals surface area (Å²) in [6.07, 6.45) is 0.823. The van der Waals surface area contributed by atoms with Gasteiger partial charge in [0.1, 0.15) is 5.75 Å². The Bertz CT molecular complexity index is 404. The summed E-state index contributed by atoms with van der Waals surface area (Å²) in [5, 5.41) is 2.88. The molecular weight excluding hydrogens is 254 g/mol. The predicted molar refractivity (Wildman–Crippen MR) is 80.2 cm³/mol. The second kappa shape index (κ2) is 9.37. The standard InChI is InChI=1S/C16H25NO3/c1-4-19-10-6-9-17-16(18)14-7-5-8-15(11-14)20-12-13(2)3/h5,7-8,11,13H,4,6,9-10,12H2,1-3H3,(H,17,18). The van der Waals surface area contributed by atoms with E-state index < -0.39 is 0 Å². The second-order valence-corrected chi connectivity index (χ2v) is 5.04. The first-order valence-electron chi connectivity index (χ1n) is 7.22. The summed E-state index contributed by atoms with van der Waals surface area (Å²) in [4.78, 5) is 12.0. The van der Waals surface area contributed by atoms with Crippen LogP contribution < -0.4 is 10.1 Å². The van der Waals surface area contributed by atoms with Crippen molar-refractivity contribution in [3.8, 4) is 5.75 Å². The third kappa shape index (κ3) is 6.57. The highest BCUT2D eigenvalue weighted by atomic mass is 16.5. The van der Waals surface area contributed by atoms with E-state index in [-0.39, 0.29) is 5.91 Å². The molecule has 4 nitrogen and oxygen atoms in total. The third-order valence-electron chi connectivity index (χ3n) is 2.63. The van der Waals surface area contributed by atoms with Gasteiger partial charge in [-0.3, -0.25) is 4.79 Å². The van der Waals surface area contributed by atoms with Crippen molar-refractivity contribution in [1.82, 2.24) is 5.32 Å². The lowest BCUT2D eigenvalue weighted by molar-refractivity contribution is 0.0943. The summed E-state index contributed by atoms with van der Waals surface area (Å²) in [7, 11) is 0. The molecule has 0 radical (unpaired) electrons. The molecule has 0 aliphatic rings. The van der Waals surface area contributed by atoms with Crippen LogP contribution in [0.1, 0.15) is 37.6 Å². The first kappa shape index (κ1) is 16.5. The largest absolute Gasteiger partial charge is 0.493 e. The molecule has 0 aromatic heterocycles. The Hall–Kier alpha value is -1.55. The minimum Gasteiger partial charge on any atom is -0.493 e. The van der Waals surface area contributed by atoms with Crippen LogP contribution in [0.5, 0.6) is 5.75 Å². The van der Waals surface area contributed by atoms with Crippen molar-refractivity contribution in [3.63, 3.8) is 0 Å². The van der Waals surface area contributed by atoms with E-state index in [1.54, 1.807) is 12.1 Å². The van der Waals surface area contributed by atoms with Crippen LogP contribution in [0.2, 0.25) is 0 Å². The molecule has 0 saturated carbocycles. The van der Waals surface area contributed by atoms with Crippen LogP contribution in [0.4, 0.5) is 0 Å². The second-order valence-electron chi connectivity index (χ2n) is 5.04. The van der Waals surface area contributed by atoms with Crippen molar-refractivity contribution in [2.75, 3.05) is 26.4 Å². The zero-order valence-electron chi connectivity index (χ0n) is 12.6. The van der Waals surface area contributed by atoms with Gasteiger partial charge in [-0.1, -0.05) is 19.9 Å². The van der Waals surface area contributed by atoms with Gasteiger partial charge in [0.15, 0.2) is 0 Å². The molecular formula is C16H25NO3. The van der Waals surface area contributed by atoms with Gasteiger partial charge in [0.2, 0.25) is 0 Å². The maximum Gasteiger partial charge on any atom is 0.251 e. The Morgan fingerprint density at radius 2 is 2.15 bits per heavy atom. The van der Waals surface area contributed by atoms with Crippen LogP contribution >= 0.6 is 0 Å². The summed E-state index contributed by atoms with van der Waals surface area (Å²) in [6, 6.07) is 7.28. The molecule has 1 aromatic rings. The number of amides is 1. The number of rotatable bonds is 9. The molecule has 0 unspecified atom stereocenters. The van der Waals surface area contributed by atoms with Gasteiger partial charge in [0.25, 0.3) is 5.91 Å². The Morgan fingerprint density at radius 3 is 2.85 bits per heavy atom. The highest BCUT2D eigenvalue weighted by Gasteiger charge is 2.06. The lowest BCUT2D eigenvalue weighted by Gasteiger charge is -2.10. The van der Waals surface area contributed by atoms with Crippen molar-refractivity contribution in [1.29, 1.82) is 0 Å². The topological polar surface area (TPSA) is 47.6 Å². The molecule has 0 atom stereocenters. The van der Waals surface area contributed by atoms with Crippen LogP contribution in [-0.4, -0.2) is 32.3 Å². The highest BCUT2D eigenvalue weighted by Crippen LogP contribution is 2.14. The smallest absolute Gasteiger partial charge is 0.251 e. The number of hydrogen-bond acceptors (Lipinski definition) is 3. The Morgan fingerprint density at radius 1 is 1.35 bits per heavy atom. The van der Waals surface area contributed by atoms with Crippen LogP contribution in [0.3, 0.4) is 0 Å². The monoisotopic (exact) mass is 279 g/mol. The lowest BCUT2D eigenvalue weighted by Crippen LogP contribution is -2.25. The Kier molecular flexibility index (Phi) is 7.73. The summed E-state index contributed by atoms with van der Waals surface area (Å²) in [6.45, 7) is 8.80. The van der Waals surface area contributed by atoms with Gasteiger partial charge in [-0.05, 0) is 37.5 Å². The average molecular weight is 279 g/mol. The molecule has 1 N–H and O–H groups in total. The van der Waals surface area contributed by atoms with E-state index in [1.807, 2.05) is 19.1 Å². The third-order valence-corrected chi connectivity index (χ3v) is 2.63. The fourth-order valence-electron chi connectivity index (χ4n) is 1.61. The molecule has 0 fully saturated rings. The molecule has 0 heterocycles. The van der Waals surface area contributed by atoms with Crippen molar-refractivity contribution in [2.24, 2.45) is 5.92 Å². The minimum absolute atomic E-state index is 0.0727. The van der Waals surface area contributed by atoms with Crippen molar-refractivity contribution in [3.05, 3.63) is 29.8 Å². The van der Waals surface area contributed by atoms with Gasteiger partial charge in [0, 0.05) is 25.3 Å². The van der Waals surface area contributed by atoms with Crippen LogP contribution in [0, 0.1) is 5.92 Å². The SMILES string of the molecule is CCOCCCNC(=O)c1cccc(OCC(C)C)c1. The molecule has 0 aliphatic heterocycles. The molecule has 0 spiro atoms. The average Bonchev–Trinajstić information content (AvgIpc) is 2.45. The van der Waals surface area contributed by atoms with Gasteiger partial charge in [-0.15, -0.1) is 0 Å². The number of carbonyl (C=O) groups is 1. The molecule has 20 heavy (non-hydrogen) atoms. The van der Waals surface area contributed by atoms with Gasteiger partial charge in [-0.25, -0.2) is 0 Å². The molecule has 1 rings (SSSR count). The maximum atomic E-state index is 12.0. The zero-order chi connectivity index (χ0) is 14.8. The van der Waals surface area contributed by atoms with Crippen molar-refractivity contribution >= 4 is 5.91 Å². The summed E-state index contributed by atoms with van der Waals surface area (Å²) in [5.41, 5.74) is 0.627. The van der Waals surface area contributed by atoms with Crippen molar-refractivity contribution in [2.45, 2.75) is 27.2 Å². The lowest BCUT2D eigenvalue weighted by atomic mass is 10.2. The molecule has 0 saturated heterocycles. The predicted octanol–water partition coefficient (Wildman–Crippen LogP) is 2.88. The first-order chi connectivity index (χ1) is 9.63. The quantitative estimate of drug-likeness (QED) is 0.707. The molecule has 1 amide bonds. The summed E-state index contributed by atoms with van der Waals surface area (Å²) >= 11 is 0. The normalized spacial score (nSPS) is 10.6. The van der Waals surface area contributed by atoms with E-state index in [2.05, 4.69) is 19.2 Å². The number of carbonyl (C=O) groups excluding carboxylic acids is 1. The van der Waals surface area contributed by atoms with Crippen LogP contribution in [0.25, 0.3) is 0 Å². The fraction of sp³-hybridized carbons (Fsp3) is 0.562. The van der Waals surface area contributed by atoms with E-state index >= 15 is 0 Å². The first-order valence-corrected chi connectivity index (χ1v) is 7.22. The number of ether oxygens (including phenoxy) is 2.